The number of hydrogen-bond acceptors (Lipinski definition) is 5. The topological polar surface area (TPSA) is 101 Å². The van der Waals surface area contributed by atoms with Gasteiger partial charge in [-0.25, -0.2) is 17.6 Å². The Morgan fingerprint density at radius 1 is 1.23 bits per heavy atom. The molecule has 9 heteroatoms. The van der Waals surface area contributed by atoms with Crippen molar-refractivity contribution < 1.29 is 32.2 Å². The van der Waals surface area contributed by atoms with Gasteiger partial charge < -0.3 is 9.84 Å². The molecule has 1 aliphatic heterocycles. The summed E-state index contributed by atoms with van der Waals surface area (Å²) in [6, 6.07) is 1.11. The number of halogens is 1. The van der Waals surface area contributed by atoms with Crippen LogP contribution in [0.15, 0.2) is 23.1 Å². The average Bonchev–Trinajstić information content (AvgIpc) is 3.01. The van der Waals surface area contributed by atoms with Crippen LogP contribution in [0.1, 0.15) is 42.5 Å². The van der Waals surface area contributed by atoms with Crippen molar-refractivity contribution in [3.05, 3.63) is 29.6 Å². The van der Waals surface area contributed by atoms with Crippen molar-refractivity contribution in [3.63, 3.8) is 0 Å². The Labute approximate surface area is 150 Å². The fraction of sp³-hybridized carbons (Fsp3) is 0.529. The number of aliphatic carboxylic acids is 1. The summed E-state index contributed by atoms with van der Waals surface area (Å²) in [6.07, 6.45) is 3.35. The van der Waals surface area contributed by atoms with E-state index in [-0.39, 0.29) is 17.9 Å². The van der Waals surface area contributed by atoms with Gasteiger partial charge in [0, 0.05) is 6.04 Å². The summed E-state index contributed by atoms with van der Waals surface area (Å²) in [5.41, 5.74) is -0.239. The van der Waals surface area contributed by atoms with Gasteiger partial charge in [-0.15, -0.1) is 0 Å². The summed E-state index contributed by atoms with van der Waals surface area (Å²) < 4.78 is 45.8. The van der Waals surface area contributed by atoms with Crippen LogP contribution in [0.5, 0.6) is 0 Å². The van der Waals surface area contributed by atoms with Crippen molar-refractivity contribution in [2.45, 2.75) is 49.1 Å². The van der Waals surface area contributed by atoms with Crippen molar-refractivity contribution in [3.8, 4) is 0 Å². The minimum Gasteiger partial charge on any atom is -0.480 e. The Bertz CT molecular complexity index is 840. The lowest BCUT2D eigenvalue weighted by Crippen LogP contribution is -2.46. The zero-order chi connectivity index (χ0) is 19.1. The molecule has 0 amide bonds. The Kier molecular flexibility index (Phi) is 5.03. The van der Waals surface area contributed by atoms with E-state index in [1.165, 1.54) is 0 Å². The first-order valence-electron chi connectivity index (χ1n) is 8.41. The standard InChI is InChI=1S/C17H20FNO6S/c1-25-17(22)11-6-12(18)9-13(7-11)26(23,24)19-14-5-3-2-4-10(14)8-15(19)16(20)21/h6-7,9-10,14-15H,2-5,8H2,1H3,(H,20,21). The molecule has 0 bridgehead atoms. The van der Waals surface area contributed by atoms with Crippen LogP contribution in [0.4, 0.5) is 4.39 Å². The number of carbonyl (C=O) groups is 2. The first-order valence-corrected chi connectivity index (χ1v) is 9.85. The van der Waals surface area contributed by atoms with Crippen LogP contribution in [0, 0.1) is 11.7 Å². The zero-order valence-electron chi connectivity index (χ0n) is 14.2. The van der Waals surface area contributed by atoms with E-state index in [1.54, 1.807) is 0 Å². The summed E-state index contributed by atoms with van der Waals surface area (Å²) in [4.78, 5) is 22.9. The maximum absolute atomic E-state index is 13.9. The normalized spacial score (nSPS) is 26.3. The van der Waals surface area contributed by atoms with E-state index in [1.807, 2.05) is 0 Å². The van der Waals surface area contributed by atoms with Gasteiger partial charge in [0.05, 0.1) is 17.6 Å². The summed E-state index contributed by atoms with van der Waals surface area (Å²) in [5, 5.41) is 9.52. The molecule has 142 valence electrons. The van der Waals surface area contributed by atoms with Gasteiger partial charge in [0.2, 0.25) is 10.0 Å². The van der Waals surface area contributed by atoms with Gasteiger partial charge in [-0.05, 0) is 43.4 Å². The number of carbonyl (C=O) groups excluding carboxylic acids is 1. The third-order valence-electron chi connectivity index (χ3n) is 5.18. The van der Waals surface area contributed by atoms with Crippen LogP contribution in [0.3, 0.4) is 0 Å². The number of ether oxygens (including phenoxy) is 1. The number of carboxylic acids is 1. The molecular formula is C17H20FNO6S. The minimum absolute atomic E-state index is 0.0201. The summed E-state index contributed by atoms with van der Waals surface area (Å²) in [7, 11) is -3.18. The number of methoxy groups -OCH3 is 1. The molecular weight excluding hydrogens is 365 g/mol. The maximum Gasteiger partial charge on any atom is 0.337 e. The lowest BCUT2D eigenvalue weighted by Gasteiger charge is -2.32. The van der Waals surface area contributed by atoms with Crippen molar-refractivity contribution in [2.24, 2.45) is 5.92 Å². The van der Waals surface area contributed by atoms with Crippen LogP contribution in [-0.2, 0) is 19.6 Å². The van der Waals surface area contributed by atoms with Crippen molar-refractivity contribution in [1.29, 1.82) is 0 Å². The van der Waals surface area contributed by atoms with E-state index < -0.39 is 44.8 Å². The van der Waals surface area contributed by atoms with Gasteiger partial charge in [-0.2, -0.15) is 4.31 Å². The second-order valence-electron chi connectivity index (χ2n) is 6.70. The highest BCUT2D eigenvalue weighted by Crippen LogP contribution is 2.42. The van der Waals surface area contributed by atoms with E-state index in [0.717, 1.165) is 48.9 Å². The number of sulfonamides is 1. The van der Waals surface area contributed by atoms with E-state index >= 15 is 0 Å². The summed E-state index contributed by atoms with van der Waals surface area (Å²) in [5.74, 6) is -3.01. The number of esters is 1. The Morgan fingerprint density at radius 3 is 2.58 bits per heavy atom. The first kappa shape index (κ1) is 18.8. The molecule has 0 radical (unpaired) electrons. The average molecular weight is 385 g/mol. The SMILES string of the molecule is COC(=O)c1cc(F)cc(S(=O)(=O)N2C(C(=O)O)CC3CCCCC32)c1. The van der Waals surface area contributed by atoms with Crippen molar-refractivity contribution in [2.75, 3.05) is 7.11 Å². The molecule has 2 fully saturated rings. The van der Waals surface area contributed by atoms with Gasteiger partial charge in [-0.3, -0.25) is 4.79 Å². The third-order valence-corrected chi connectivity index (χ3v) is 7.09. The molecule has 1 saturated carbocycles. The van der Waals surface area contributed by atoms with Crippen LogP contribution < -0.4 is 0 Å². The van der Waals surface area contributed by atoms with Crippen molar-refractivity contribution >= 4 is 22.0 Å². The summed E-state index contributed by atoms with van der Waals surface area (Å²) >= 11 is 0. The van der Waals surface area contributed by atoms with Gasteiger partial charge in [0.1, 0.15) is 11.9 Å². The second-order valence-corrected chi connectivity index (χ2v) is 8.55. The molecule has 3 unspecified atom stereocenters. The molecule has 1 aromatic rings. The number of hydrogen-bond donors (Lipinski definition) is 1. The molecule has 7 nitrogen and oxygen atoms in total. The largest absolute Gasteiger partial charge is 0.480 e. The molecule has 26 heavy (non-hydrogen) atoms. The minimum atomic E-state index is -4.29. The molecule has 0 aromatic heterocycles. The fourth-order valence-electron chi connectivity index (χ4n) is 4.04. The monoisotopic (exact) mass is 385 g/mol. The van der Waals surface area contributed by atoms with E-state index in [9.17, 15) is 27.5 Å². The third kappa shape index (κ3) is 3.21. The fourth-order valence-corrected chi connectivity index (χ4v) is 5.97. The number of benzene rings is 1. The number of rotatable bonds is 4. The van der Waals surface area contributed by atoms with E-state index in [4.69, 9.17) is 0 Å². The number of fused-ring (bicyclic) bond motifs is 1. The van der Waals surface area contributed by atoms with Crippen LogP contribution in [-0.4, -0.2) is 49.0 Å². The maximum atomic E-state index is 13.9. The number of carboxylic acid groups (broad SMARTS) is 1. The van der Waals surface area contributed by atoms with Crippen molar-refractivity contribution in [1.82, 2.24) is 4.31 Å². The molecule has 1 N–H and O–H groups in total. The van der Waals surface area contributed by atoms with Gasteiger partial charge in [-0.1, -0.05) is 12.8 Å². The Morgan fingerprint density at radius 2 is 1.92 bits per heavy atom. The molecule has 1 saturated heterocycles. The molecule has 0 spiro atoms. The predicted molar refractivity (Wildman–Crippen MR) is 88.6 cm³/mol. The molecule has 3 atom stereocenters. The smallest absolute Gasteiger partial charge is 0.337 e. The van der Waals surface area contributed by atoms with Gasteiger partial charge in [0.25, 0.3) is 0 Å². The van der Waals surface area contributed by atoms with E-state index in [2.05, 4.69) is 4.74 Å². The second kappa shape index (κ2) is 6.96. The Hall–Kier alpha value is -2.00. The summed E-state index contributed by atoms with van der Waals surface area (Å²) in [6.45, 7) is 0. The molecule has 1 heterocycles. The molecule has 3 rings (SSSR count). The molecule has 1 aromatic carbocycles. The molecule has 2 aliphatic rings. The number of nitrogens with zero attached hydrogens (tertiary/aromatic N) is 1. The van der Waals surface area contributed by atoms with Gasteiger partial charge in [0.15, 0.2) is 0 Å². The van der Waals surface area contributed by atoms with Crippen LogP contribution in [0.25, 0.3) is 0 Å². The highest BCUT2D eigenvalue weighted by Gasteiger charge is 2.51. The van der Waals surface area contributed by atoms with E-state index in [0.29, 0.717) is 6.42 Å². The Balaban J connectivity index is 2.07. The zero-order valence-corrected chi connectivity index (χ0v) is 15.0. The highest BCUT2D eigenvalue weighted by atomic mass is 32.2. The quantitative estimate of drug-likeness (QED) is 0.796. The van der Waals surface area contributed by atoms with Gasteiger partial charge >= 0.3 is 11.9 Å². The van der Waals surface area contributed by atoms with Crippen LogP contribution in [0.2, 0.25) is 0 Å². The first-order chi connectivity index (χ1) is 12.3. The van der Waals surface area contributed by atoms with Crippen LogP contribution >= 0.6 is 0 Å². The molecule has 1 aliphatic carbocycles. The highest BCUT2D eigenvalue weighted by molar-refractivity contribution is 7.89. The lowest BCUT2D eigenvalue weighted by molar-refractivity contribution is -0.141. The predicted octanol–water partition coefficient (Wildman–Crippen LogP) is 2.02. The lowest BCUT2D eigenvalue weighted by atomic mass is 9.85.